The van der Waals surface area contributed by atoms with Crippen LogP contribution in [0, 0.1) is 0 Å². The molecule has 0 aliphatic rings. The number of esters is 1. The van der Waals surface area contributed by atoms with Gasteiger partial charge in [0.05, 0.1) is 11.7 Å². The maximum Gasteiger partial charge on any atom is 0.365 e. The minimum absolute atomic E-state index is 0.142. The van der Waals surface area contributed by atoms with Crippen LogP contribution in [0.25, 0.3) is 0 Å². The Morgan fingerprint density at radius 2 is 2.40 bits per heavy atom. The van der Waals surface area contributed by atoms with Gasteiger partial charge in [-0.1, -0.05) is 0 Å². The van der Waals surface area contributed by atoms with Crippen molar-refractivity contribution >= 4 is 22.3 Å². The Kier molecular flexibility index (Phi) is 2.59. The number of nitrogens with two attached hydrogens (primary N) is 1. The fourth-order valence-corrected chi connectivity index (χ4v) is 1.49. The standard InChI is InChI=1S/C9H7N3O2S/c10-8-7(12-5-15-8)9(13)14-6-2-1-3-11-4-6/h1-5H,10H2. The van der Waals surface area contributed by atoms with Gasteiger partial charge in [-0.3, -0.25) is 4.98 Å². The van der Waals surface area contributed by atoms with Crippen molar-refractivity contribution < 1.29 is 9.53 Å². The number of thiazole rings is 1. The van der Waals surface area contributed by atoms with Crippen molar-refractivity contribution in [2.24, 2.45) is 0 Å². The summed E-state index contributed by atoms with van der Waals surface area (Å²) in [4.78, 5) is 19.1. The highest BCUT2D eigenvalue weighted by Gasteiger charge is 2.14. The van der Waals surface area contributed by atoms with E-state index in [9.17, 15) is 4.79 Å². The zero-order chi connectivity index (χ0) is 10.7. The monoisotopic (exact) mass is 221 g/mol. The molecule has 0 saturated carbocycles. The van der Waals surface area contributed by atoms with Crippen molar-refractivity contribution in [1.29, 1.82) is 0 Å². The first-order valence-electron chi connectivity index (χ1n) is 4.08. The summed E-state index contributed by atoms with van der Waals surface area (Å²) < 4.78 is 5.00. The van der Waals surface area contributed by atoms with Gasteiger partial charge in [0.25, 0.3) is 0 Å². The highest BCUT2D eigenvalue weighted by molar-refractivity contribution is 7.14. The average Bonchev–Trinajstić information content (AvgIpc) is 2.66. The molecule has 0 atom stereocenters. The third-order valence-electron chi connectivity index (χ3n) is 1.63. The molecule has 2 aromatic heterocycles. The molecule has 0 unspecified atom stereocenters. The van der Waals surface area contributed by atoms with Gasteiger partial charge in [-0.05, 0) is 12.1 Å². The van der Waals surface area contributed by atoms with Gasteiger partial charge in [0, 0.05) is 6.20 Å². The fraction of sp³-hybridized carbons (Fsp3) is 0. The molecule has 2 aromatic rings. The molecule has 0 saturated heterocycles. The Balaban J connectivity index is 2.15. The number of carbonyl (C=O) groups is 1. The first-order valence-corrected chi connectivity index (χ1v) is 4.96. The first-order chi connectivity index (χ1) is 7.27. The molecule has 76 valence electrons. The minimum atomic E-state index is -0.568. The average molecular weight is 221 g/mol. The van der Waals surface area contributed by atoms with Crippen LogP contribution in [0.2, 0.25) is 0 Å². The predicted octanol–water partition coefficient (Wildman–Crippen LogP) is 1.34. The summed E-state index contributed by atoms with van der Waals surface area (Å²) in [5, 5.41) is 0.351. The first kappa shape index (κ1) is 9.60. The lowest BCUT2D eigenvalue weighted by atomic mass is 10.4. The number of carbonyl (C=O) groups excluding carboxylic acids is 1. The zero-order valence-electron chi connectivity index (χ0n) is 7.58. The lowest BCUT2D eigenvalue weighted by Crippen LogP contribution is -2.10. The molecule has 2 heterocycles. The zero-order valence-corrected chi connectivity index (χ0v) is 8.40. The Hall–Kier alpha value is -1.95. The lowest BCUT2D eigenvalue weighted by molar-refractivity contribution is 0.0730. The number of aromatic nitrogens is 2. The van der Waals surface area contributed by atoms with Crippen LogP contribution in [0.1, 0.15) is 10.5 Å². The number of ether oxygens (including phenoxy) is 1. The van der Waals surface area contributed by atoms with Gasteiger partial charge >= 0.3 is 5.97 Å². The fourth-order valence-electron chi connectivity index (χ4n) is 0.971. The molecule has 5 nitrogen and oxygen atoms in total. The summed E-state index contributed by atoms with van der Waals surface area (Å²) in [7, 11) is 0. The quantitative estimate of drug-likeness (QED) is 0.774. The van der Waals surface area contributed by atoms with Gasteiger partial charge in [-0.15, -0.1) is 11.3 Å². The van der Waals surface area contributed by atoms with Crippen molar-refractivity contribution in [2.45, 2.75) is 0 Å². The second-order valence-electron chi connectivity index (χ2n) is 2.64. The van der Waals surface area contributed by atoms with Crippen molar-refractivity contribution in [3.8, 4) is 5.75 Å². The van der Waals surface area contributed by atoms with Crippen molar-refractivity contribution in [2.75, 3.05) is 5.73 Å². The Morgan fingerprint density at radius 3 is 3.00 bits per heavy atom. The van der Waals surface area contributed by atoms with Crippen LogP contribution in [0.15, 0.2) is 30.0 Å². The Bertz CT molecular complexity index is 469. The maximum atomic E-state index is 11.5. The lowest BCUT2D eigenvalue weighted by Gasteiger charge is -2.01. The number of nitrogens with zero attached hydrogens (tertiary/aromatic N) is 2. The van der Waals surface area contributed by atoms with Crippen molar-refractivity contribution in [3.63, 3.8) is 0 Å². The van der Waals surface area contributed by atoms with Crippen molar-refractivity contribution in [1.82, 2.24) is 9.97 Å². The SMILES string of the molecule is Nc1scnc1C(=O)Oc1cccnc1. The molecule has 0 fully saturated rings. The maximum absolute atomic E-state index is 11.5. The second-order valence-corrected chi connectivity index (χ2v) is 3.53. The number of anilines is 1. The van der Waals surface area contributed by atoms with Crippen LogP contribution in [0.3, 0.4) is 0 Å². The smallest absolute Gasteiger partial charge is 0.365 e. The molecular formula is C9H7N3O2S. The molecule has 0 aliphatic heterocycles. The topological polar surface area (TPSA) is 78.1 Å². The number of nitrogen functional groups attached to an aromatic ring is 1. The molecular weight excluding hydrogens is 214 g/mol. The van der Waals surface area contributed by atoms with Crippen molar-refractivity contribution in [3.05, 3.63) is 35.7 Å². The van der Waals surface area contributed by atoms with Gasteiger partial charge in [0.2, 0.25) is 0 Å². The molecule has 2 rings (SSSR count). The molecule has 2 N–H and O–H groups in total. The third-order valence-corrected chi connectivity index (χ3v) is 2.29. The van der Waals surface area contributed by atoms with E-state index in [0.717, 1.165) is 0 Å². The van der Waals surface area contributed by atoms with E-state index in [0.29, 0.717) is 10.8 Å². The summed E-state index contributed by atoms with van der Waals surface area (Å²) in [5.41, 5.74) is 7.17. The Morgan fingerprint density at radius 1 is 1.53 bits per heavy atom. The second kappa shape index (κ2) is 4.05. The van der Waals surface area contributed by atoms with Crippen LogP contribution in [0.5, 0.6) is 5.75 Å². The van der Waals surface area contributed by atoms with Gasteiger partial charge in [0.1, 0.15) is 10.8 Å². The van der Waals surface area contributed by atoms with Gasteiger partial charge in [-0.2, -0.15) is 0 Å². The van der Waals surface area contributed by atoms with E-state index in [2.05, 4.69) is 9.97 Å². The molecule has 0 radical (unpaired) electrons. The highest BCUT2D eigenvalue weighted by atomic mass is 32.1. The number of hydrogen-bond acceptors (Lipinski definition) is 6. The van der Waals surface area contributed by atoms with E-state index in [4.69, 9.17) is 10.5 Å². The van der Waals surface area contributed by atoms with Gasteiger partial charge in [-0.25, -0.2) is 9.78 Å². The van der Waals surface area contributed by atoms with E-state index in [-0.39, 0.29) is 5.69 Å². The number of pyridine rings is 1. The number of hydrogen-bond donors (Lipinski definition) is 1. The number of rotatable bonds is 2. The van der Waals surface area contributed by atoms with Crippen LogP contribution in [-0.4, -0.2) is 15.9 Å². The molecule has 6 heteroatoms. The summed E-state index contributed by atoms with van der Waals surface area (Å²) >= 11 is 1.19. The summed E-state index contributed by atoms with van der Waals surface area (Å²) in [6.45, 7) is 0. The molecule has 0 amide bonds. The van der Waals surface area contributed by atoms with Crippen LogP contribution < -0.4 is 10.5 Å². The largest absolute Gasteiger partial charge is 0.420 e. The third kappa shape index (κ3) is 2.10. The van der Waals surface area contributed by atoms with E-state index in [1.807, 2.05) is 0 Å². The van der Waals surface area contributed by atoms with Crippen LogP contribution in [0.4, 0.5) is 5.00 Å². The van der Waals surface area contributed by atoms with E-state index in [1.54, 1.807) is 18.3 Å². The molecule has 0 bridgehead atoms. The summed E-state index contributed by atoms with van der Waals surface area (Å²) in [6.07, 6.45) is 3.04. The highest BCUT2D eigenvalue weighted by Crippen LogP contribution is 2.17. The predicted molar refractivity (Wildman–Crippen MR) is 55.7 cm³/mol. The molecule has 0 aliphatic carbocycles. The van der Waals surface area contributed by atoms with Crippen LogP contribution >= 0.6 is 11.3 Å². The van der Waals surface area contributed by atoms with Gasteiger partial charge in [0.15, 0.2) is 5.69 Å². The molecule has 15 heavy (non-hydrogen) atoms. The summed E-state index contributed by atoms with van der Waals surface area (Å²) in [5.74, 6) is -0.198. The van der Waals surface area contributed by atoms with E-state index < -0.39 is 5.97 Å². The normalized spacial score (nSPS) is 9.87. The molecule has 0 aromatic carbocycles. The van der Waals surface area contributed by atoms with E-state index in [1.165, 1.54) is 23.0 Å². The van der Waals surface area contributed by atoms with Crippen LogP contribution in [-0.2, 0) is 0 Å². The molecule has 0 spiro atoms. The van der Waals surface area contributed by atoms with E-state index >= 15 is 0 Å². The van der Waals surface area contributed by atoms with Gasteiger partial charge < -0.3 is 10.5 Å². The summed E-state index contributed by atoms with van der Waals surface area (Å²) in [6, 6.07) is 3.31. The minimum Gasteiger partial charge on any atom is -0.420 e. The Labute approximate surface area is 89.5 Å².